The van der Waals surface area contributed by atoms with E-state index in [9.17, 15) is 0 Å². The normalized spacial score (nSPS) is 26.2. The molecule has 3 atom stereocenters. The van der Waals surface area contributed by atoms with Crippen LogP contribution in [0.2, 0.25) is 0 Å². The van der Waals surface area contributed by atoms with Crippen molar-refractivity contribution in [1.82, 2.24) is 0 Å². The molecule has 0 aromatic rings. The zero-order chi connectivity index (χ0) is 17.0. The molecule has 0 heterocycles. The molecule has 135 valence electrons. The molecule has 5 heteroatoms. The van der Waals surface area contributed by atoms with E-state index in [-0.39, 0.29) is 15.3 Å². The van der Waals surface area contributed by atoms with Crippen molar-refractivity contribution in [3.8, 4) is 0 Å². The molecule has 23 heavy (non-hydrogen) atoms. The molecule has 0 N–H and O–H groups in total. The molecule has 1 fully saturated rings. The van der Waals surface area contributed by atoms with Crippen LogP contribution in [0.15, 0.2) is 23.3 Å². The minimum absolute atomic E-state index is 0. The first-order chi connectivity index (χ1) is 10.2. The fourth-order valence-electron chi connectivity index (χ4n) is 4.30. The van der Waals surface area contributed by atoms with Gasteiger partial charge in [0.25, 0.3) is 0 Å². The van der Waals surface area contributed by atoms with Crippen LogP contribution < -0.4 is 0 Å². The maximum absolute atomic E-state index is 5.00. The van der Waals surface area contributed by atoms with Gasteiger partial charge in [0.15, 0.2) is 0 Å². The van der Waals surface area contributed by atoms with Gasteiger partial charge in [-0.15, -0.1) is 0 Å². The van der Waals surface area contributed by atoms with Crippen LogP contribution in [-0.2, 0) is 18.2 Å². The van der Waals surface area contributed by atoms with Crippen molar-refractivity contribution in [3.05, 3.63) is 30.7 Å². The van der Waals surface area contributed by atoms with Gasteiger partial charge < -0.3 is 7.43 Å². The van der Waals surface area contributed by atoms with Crippen LogP contribution in [-0.4, -0.2) is 17.0 Å². The molecular formula is C18H32Cl3PZr-. The second kappa shape index (κ2) is 11.4. The number of halogens is 3. The predicted molar refractivity (Wildman–Crippen MR) is 109 cm³/mol. The van der Waals surface area contributed by atoms with Gasteiger partial charge in [-0.2, -0.15) is 0 Å². The Hall–Kier alpha value is 1.66. The molecule has 2 rings (SSSR count). The molecular weight excluding hydrogens is 445 g/mol. The Morgan fingerprint density at radius 1 is 0.957 bits per heavy atom. The summed E-state index contributed by atoms with van der Waals surface area (Å²) < 4.78 is 0. The first-order valence-electron chi connectivity index (χ1n) is 8.12. The predicted octanol–water partition coefficient (Wildman–Crippen LogP) is 8.10. The molecule has 0 nitrogen and oxygen atoms in total. The minimum atomic E-state index is -2.13. The Kier molecular flexibility index (Phi) is 12.2. The number of hydrogen-bond donors (Lipinski definition) is 0. The SMILES string of the molecule is CC1=CC=C(C)C2C1CCC2P(C(C)C)C(C)C.[CH3-].[Cl][Zr]([Cl])[Cl]. The van der Waals surface area contributed by atoms with Crippen LogP contribution in [0.25, 0.3) is 0 Å². The fourth-order valence-corrected chi connectivity index (χ4v) is 8.29. The molecule has 0 saturated heterocycles. The summed E-state index contributed by atoms with van der Waals surface area (Å²) in [4.78, 5) is 0. The van der Waals surface area contributed by atoms with Crippen molar-refractivity contribution in [3.63, 3.8) is 0 Å². The van der Waals surface area contributed by atoms with E-state index in [0.717, 1.165) is 28.8 Å². The first-order valence-corrected chi connectivity index (χ1v) is 19.2. The van der Waals surface area contributed by atoms with E-state index in [1.54, 1.807) is 11.1 Å². The third-order valence-electron chi connectivity index (χ3n) is 4.92. The molecule has 0 spiro atoms. The second-order valence-electron chi connectivity index (χ2n) is 6.95. The summed E-state index contributed by atoms with van der Waals surface area (Å²) >= 11 is -2.13. The van der Waals surface area contributed by atoms with E-state index in [2.05, 4.69) is 53.7 Å². The molecule has 1 saturated carbocycles. The van der Waals surface area contributed by atoms with Gasteiger partial charge in [0.05, 0.1) is 0 Å². The molecule has 2 aliphatic rings. The van der Waals surface area contributed by atoms with Crippen LogP contribution >= 0.6 is 33.5 Å². The van der Waals surface area contributed by atoms with E-state index in [0.29, 0.717) is 0 Å². The average Bonchev–Trinajstić information content (AvgIpc) is 2.78. The van der Waals surface area contributed by atoms with Gasteiger partial charge in [-0.05, 0) is 55.5 Å². The van der Waals surface area contributed by atoms with Crippen LogP contribution in [0.3, 0.4) is 0 Å². The van der Waals surface area contributed by atoms with E-state index in [4.69, 9.17) is 25.5 Å². The molecule has 0 radical (unpaired) electrons. The monoisotopic (exact) mass is 474 g/mol. The summed E-state index contributed by atoms with van der Waals surface area (Å²) in [6.45, 7) is 14.5. The second-order valence-corrected chi connectivity index (χ2v) is 21.8. The zero-order valence-corrected chi connectivity index (χ0v) is 21.2. The molecule has 0 aliphatic heterocycles. The Bertz CT molecular complexity index is 408. The van der Waals surface area contributed by atoms with Crippen LogP contribution in [0, 0.1) is 19.3 Å². The fraction of sp³-hybridized carbons (Fsp3) is 0.722. The van der Waals surface area contributed by atoms with E-state index in [1.165, 1.54) is 12.8 Å². The molecule has 2 aliphatic carbocycles. The van der Waals surface area contributed by atoms with Crippen molar-refractivity contribution in [2.75, 3.05) is 0 Å². The topological polar surface area (TPSA) is 0 Å². The van der Waals surface area contributed by atoms with Gasteiger partial charge in [0.1, 0.15) is 0 Å². The van der Waals surface area contributed by atoms with Crippen LogP contribution in [0.1, 0.15) is 54.4 Å². The maximum atomic E-state index is 5.00. The van der Waals surface area contributed by atoms with Crippen LogP contribution in [0.5, 0.6) is 0 Å². The zero-order valence-electron chi connectivity index (χ0n) is 15.5. The molecule has 0 aromatic carbocycles. The Balaban J connectivity index is 0.000000871. The van der Waals surface area contributed by atoms with Crippen molar-refractivity contribution in [2.24, 2.45) is 11.8 Å². The van der Waals surface area contributed by atoms with Gasteiger partial charge in [-0.3, -0.25) is 0 Å². The molecule has 3 unspecified atom stereocenters. The third kappa shape index (κ3) is 7.06. The quantitative estimate of drug-likeness (QED) is 0.285. The van der Waals surface area contributed by atoms with E-state index < -0.39 is 18.2 Å². The van der Waals surface area contributed by atoms with Crippen molar-refractivity contribution in [1.29, 1.82) is 0 Å². The summed E-state index contributed by atoms with van der Waals surface area (Å²) in [5.41, 5.74) is 6.02. The number of fused-ring (bicyclic) bond motifs is 1. The molecule has 0 aromatic heterocycles. The van der Waals surface area contributed by atoms with E-state index in [1.807, 2.05) is 0 Å². The van der Waals surface area contributed by atoms with E-state index >= 15 is 0 Å². The number of hydrogen-bond acceptors (Lipinski definition) is 0. The van der Waals surface area contributed by atoms with Crippen molar-refractivity contribution in [2.45, 2.75) is 71.4 Å². The molecule has 0 amide bonds. The van der Waals surface area contributed by atoms with Gasteiger partial charge in [-0.25, -0.2) is 0 Å². The molecule has 0 bridgehead atoms. The summed E-state index contributed by atoms with van der Waals surface area (Å²) in [6, 6.07) is 0. The summed E-state index contributed by atoms with van der Waals surface area (Å²) in [7, 11) is 15.2. The Morgan fingerprint density at radius 3 is 1.83 bits per heavy atom. The van der Waals surface area contributed by atoms with Gasteiger partial charge in [0.2, 0.25) is 0 Å². The average molecular weight is 477 g/mol. The van der Waals surface area contributed by atoms with Crippen molar-refractivity contribution >= 4 is 33.5 Å². The Morgan fingerprint density at radius 2 is 1.39 bits per heavy atom. The Labute approximate surface area is 164 Å². The summed E-state index contributed by atoms with van der Waals surface area (Å²) in [5, 5.41) is 0. The summed E-state index contributed by atoms with van der Waals surface area (Å²) in [5.74, 6) is 1.73. The van der Waals surface area contributed by atoms with Crippen molar-refractivity contribution < 1.29 is 18.2 Å². The van der Waals surface area contributed by atoms with Gasteiger partial charge >= 0.3 is 43.7 Å². The number of allylic oxidation sites excluding steroid dienone is 4. The van der Waals surface area contributed by atoms with Crippen LogP contribution in [0.4, 0.5) is 0 Å². The standard InChI is InChI=1S/C17H29P.CH3.3ClH.Zr/c1-11(2)18(12(3)4)16-10-9-15-13(5)7-8-14(6)17(15)16;;;;;/h7-8,11-12,15-17H,9-10H2,1-6H3;1H3;3*1H;/q;-1;;;;+3/p-3. The van der Waals surface area contributed by atoms with Gasteiger partial charge in [0, 0.05) is 0 Å². The summed E-state index contributed by atoms with van der Waals surface area (Å²) in [6.07, 6.45) is 7.66. The van der Waals surface area contributed by atoms with Gasteiger partial charge in [-0.1, -0.05) is 58.9 Å². The first kappa shape index (κ1) is 24.7. The number of rotatable bonds is 3. The third-order valence-corrected chi connectivity index (χ3v) is 8.65.